The van der Waals surface area contributed by atoms with Crippen LogP contribution in [0, 0.1) is 12.3 Å². The molecule has 1 unspecified atom stereocenters. The second kappa shape index (κ2) is 7.23. The molecule has 0 aliphatic heterocycles. The molecule has 0 bridgehead atoms. The summed E-state index contributed by atoms with van der Waals surface area (Å²) in [6.45, 7) is 4.07. The molecule has 1 aromatic carbocycles. The van der Waals surface area contributed by atoms with Crippen molar-refractivity contribution in [1.82, 2.24) is 4.83 Å². The molecule has 1 atom stereocenters. The Morgan fingerprint density at radius 1 is 1.23 bits per heavy atom. The SMILES string of the molecule is CCOC(=O)C12CCCC1=C/C(=N/NS(=O)(=O)c1ccc(C)cc1)CC2. The molecule has 1 saturated carbocycles. The molecule has 1 fully saturated rings. The average Bonchev–Trinajstić information content (AvgIpc) is 3.05. The summed E-state index contributed by atoms with van der Waals surface area (Å²) >= 11 is 0. The van der Waals surface area contributed by atoms with Gasteiger partial charge in [-0.15, -0.1) is 0 Å². The first-order valence-electron chi connectivity index (χ1n) is 8.91. The molecule has 7 heteroatoms. The van der Waals surface area contributed by atoms with Crippen LogP contribution < -0.4 is 4.83 Å². The molecular formula is C19H24N2O4S. The van der Waals surface area contributed by atoms with E-state index in [9.17, 15) is 13.2 Å². The number of carbonyl (C=O) groups excluding carboxylic acids is 1. The first-order chi connectivity index (χ1) is 12.4. The molecule has 0 radical (unpaired) electrons. The number of nitrogens with zero attached hydrogens (tertiary/aromatic N) is 1. The molecular weight excluding hydrogens is 352 g/mol. The van der Waals surface area contributed by atoms with Gasteiger partial charge in [0, 0.05) is 0 Å². The molecule has 0 heterocycles. The van der Waals surface area contributed by atoms with Crippen LogP contribution in [0.25, 0.3) is 0 Å². The molecule has 3 rings (SSSR count). The van der Waals surface area contributed by atoms with Crippen LogP contribution in [0.5, 0.6) is 0 Å². The molecule has 2 aliphatic carbocycles. The van der Waals surface area contributed by atoms with E-state index in [2.05, 4.69) is 9.93 Å². The standard InChI is InChI=1S/C19H24N2O4S/c1-3-25-18(22)19-11-4-5-15(19)13-16(10-12-19)20-21-26(23,24)17-8-6-14(2)7-9-17/h6-9,13,21H,3-5,10-12H2,1-2H3/b20-16+. The monoisotopic (exact) mass is 376 g/mol. The van der Waals surface area contributed by atoms with E-state index in [4.69, 9.17) is 4.74 Å². The minimum absolute atomic E-state index is 0.164. The number of hydrazone groups is 1. The second-order valence-electron chi connectivity index (χ2n) is 6.84. The molecule has 0 saturated heterocycles. The Labute approximate surface area is 154 Å². The van der Waals surface area contributed by atoms with E-state index in [1.807, 2.05) is 19.9 Å². The third kappa shape index (κ3) is 3.53. The molecule has 26 heavy (non-hydrogen) atoms. The number of fused-ring (bicyclic) bond motifs is 1. The van der Waals surface area contributed by atoms with E-state index >= 15 is 0 Å². The van der Waals surface area contributed by atoms with Gasteiger partial charge in [0.05, 0.1) is 22.6 Å². The first kappa shape index (κ1) is 18.6. The van der Waals surface area contributed by atoms with Gasteiger partial charge in [-0.05, 0) is 64.2 Å². The zero-order valence-electron chi connectivity index (χ0n) is 15.1. The quantitative estimate of drug-likeness (QED) is 0.632. The highest BCUT2D eigenvalue weighted by atomic mass is 32.2. The van der Waals surface area contributed by atoms with Crippen LogP contribution in [0.4, 0.5) is 0 Å². The summed E-state index contributed by atoms with van der Waals surface area (Å²) in [4.78, 5) is 14.9. The Bertz CT molecular complexity index is 856. The topological polar surface area (TPSA) is 84.8 Å². The lowest BCUT2D eigenvalue weighted by atomic mass is 9.74. The third-order valence-electron chi connectivity index (χ3n) is 5.12. The fourth-order valence-corrected chi connectivity index (χ4v) is 4.51. The van der Waals surface area contributed by atoms with Gasteiger partial charge >= 0.3 is 5.97 Å². The zero-order chi connectivity index (χ0) is 18.8. The highest BCUT2D eigenvalue weighted by Gasteiger charge is 2.47. The minimum Gasteiger partial charge on any atom is -0.465 e. The number of sulfonamides is 1. The van der Waals surface area contributed by atoms with Gasteiger partial charge in [0.2, 0.25) is 0 Å². The summed E-state index contributed by atoms with van der Waals surface area (Å²) in [7, 11) is -3.70. The molecule has 0 amide bonds. The summed E-state index contributed by atoms with van der Waals surface area (Å²) in [6.07, 6.45) is 5.57. The maximum absolute atomic E-state index is 12.4. The fraction of sp³-hybridized carbons (Fsp3) is 0.474. The number of nitrogens with one attached hydrogen (secondary N) is 1. The number of benzene rings is 1. The van der Waals surface area contributed by atoms with Crippen molar-refractivity contribution in [1.29, 1.82) is 0 Å². The molecule has 1 N–H and O–H groups in total. The predicted molar refractivity (Wildman–Crippen MR) is 99.2 cm³/mol. The molecule has 6 nitrogen and oxygen atoms in total. The van der Waals surface area contributed by atoms with Crippen molar-refractivity contribution in [3.05, 3.63) is 41.5 Å². The molecule has 140 valence electrons. The number of carbonyl (C=O) groups is 1. The summed E-state index contributed by atoms with van der Waals surface area (Å²) in [5.41, 5.74) is 2.11. The minimum atomic E-state index is -3.70. The van der Waals surface area contributed by atoms with Crippen molar-refractivity contribution in [2.24, 2.45) is 10.5 Å². The van der Waals surface area contributed by atoms with Crippen LogP contribution in [0.2, 0.25) is 0 Å². The van der Waals surface area contributed by atoms with Gasteiger partial charge in [0.15, 0.2) is 0 Å². The van der Waals surface area contributed by atoms with Gasteiger partial charge in [-0.1, -0.05) is 23.3 Å². The lowest BCUT2D eigenvalue weighted by molar-refractivity contribution is -0.153. The van der Waals surface area contributed by atoms with E-state index in [0.29, 0.717) is 25.2 Å². The van der Waals surface area contributed by atoms with E-state index in [-0.39, 0.29) is 10.9 Å². The molecule has 1 aromatic rings. The van der Waals surface area contributed by atoms with Gasteiger partial charge in [-0.2, -0.15) is 18.4 Å². The highest BCUT2D eigenvalue weighted by molar-refractivity contribution is 7.89. The zero-order valence-corrected chi connectivity index (χ0v) is 15.9. The van der Waals surface area contributed by atoms with Crippen LogP contribution in [0.1, 0.15) is 44.6 Å². The summed E-state index contributed by atoms with van der Waals surface area (Å²) in [5.74, 6) is -0.164. The van der Waals surface area contributed by atoms with Crippen molar-refractivity contribution < 1.29 is 17.9 Å². The van der Waals surface area contributed by atoms with Crippen LogP contribution in [-0.2, 0) is 19.6 Å². The van der Waals surface area contributed by atoms with Crippen molar-refractivity contribution in [2.75, 3.05) is 6.61 Å². The smallest absolute Gasteiger partial charge is 0.316 e. The predicted octanol–water partition coefficient (Wildman–Crippen LogP) is 3.08. The van der Waals surface area contributed by atoms with E-state index in [1.54, 1.807) is 24.3 Å². The largest absolute Gasteiger partial charge is 0.465 e. The van der Waals surface area contributed by atoms with Crippen molar-refractivity contribution in [3.8, 4) is 0 Å². The van der Waals surface area contributed by atoms with E-state index < -0.39 is 15.4 Å². The number of allylic oxidation sites excluding steroid dienone is 1. The normalized spacial score (nSPS) is 24.1. The Morgan fingerprint density at radius 3 is 2.65 bits per heavy atom. The maximum atomic E-state index is 12.4. The van der Waals surface area contributed by atoms with E-state index in [0.717, 1.165) is 30.4 Å². The lowest BCUT2D eigenvalue weighted by Crippen LogP contribution is -2.35. The summed E-state index contributed by atoms with van der Waals surface area (Å²) < 4.78 is 30.0. The number of ether oxygens (including phenoxy) is 1. The van der Waals surface area contributed by atoms with Crippen molar-refractivity contribution in [3.63, 3.8) is 0 Å². The van der Waals surface area contributed by atoms with E-state index in [1.165, 1.54) is 0 Å². The van der Waals surface area contributed by atoms with Crippen molar-refractivity contribution >= 4 is 21.7 Å². The number of hydrogen-bond acceptors (Lipinski definition) is 5. The summed E-state index contributed by atoms with van der Waals surface area (Å²) in [5, 5.41) is 4.10. The van der Waals surface area contributed by atoms with Gasteiger partial charge in [0.1, 0.15) is 0 Å². The first-order valence-corrected chi connectivity index (χ1v) is 10.4. The van der Waals surface area contributed by atoms with Gasteiger partial charge in [-0.25, -0.2) is 0 Å². The van der Waals surface area contributed by atoms with Crippen LogP contribution in [0.15, 0.2) is 45.9 Å². The third-order valence-corrected chi connectivity index (χ3v) is 6.34. The number of rotatable bonds is 5. The second-order valence-corrected chi connectivity index (χ2v) is 8.50. The van der Waals surface area contributed by atoms with Crippen LogP contribution in [0.3, 0.4) is 0 Å². The van der Waals surface area contributed by atoms with Crippen molar-refractivity contribution in [2.45, 2.75) is 50.8 Å². The molecule has 2 aliphatic rings. The molecule has 0 spiro atoms. The van der Waals surface area contributed by atoms with Gasteiger partial charge in [-0.3, -0.25) is 4.79 Å². The summed E-state index contributed by atoms with van der Waals surface area (Å²) in [6, 6.07) is 6.60. The lowest BCUT2D eigenvalue weighted by Gasteiger charge is -2.31. The van der Waals surface area contributed by atoms with Gasteiger partial charge in [0.25, 0.3) is 10.0 Å². The Kier molecular flexibility index (Phi) is 5.18. The maximum Gasteiger partial charge on any atom is 0.316 e. The number of esters is 1. The number of aryl methyl sites for hydroxylation is 1. The Morgan fingerprint density at radius 2 is 1.96 bits per heavy atom. The molecule has 0 aromatic heterocycles. The fourth-order valence-electron chi connectivity index (χ4n) is 3.67. The Balaban J connectivity index is 1.79. The van der Waals surface area contributed by atoms with Crippen LogP contribution in [-0.4, -0.2) is 26.7 Å². The average molecular weight is 376 g/mol. The van der Waals surface area contributed by atoms with Gasteiger partial charge < -0.3 is 4.74 Å². The van der Waals surface area contributed by atoms with Crippen LogP contribution >= 0.6 is 0 Å². The number of hydrogen-bond donors (Lipinski definition) is 1. The highest BCUT2D eigenvalue weighted by Crippen LogP contribution is 2.49. The Hall–Kier alpha value is -2.15.